The summed E-state index contributed by atoms with van der Waals surface area (Å²) in [6.07, 6.45) is 0.368. The van der Waals surface area contributed by atoms with Crippen LogP contribution in [0.25, 0.3) is 0 Å². The second-order valence-electron chi connectivity index (χ2n) is 2.44. The lowest BCUT2D eigenvalue weighted by atomic mass is 9.87. The minimum atomic E-state index is -1.12. The van der Waals surface area contributed by atoms with E-state index in [0.29, 0.717) is 6.42 Å². The van der Waals surface area contributed by atoms with Gasteiger partial charge in [-0.05, 0) is 6.42 Å². The fraction of sp³-hybridized carbons (Fsp3) is 0.857. The molecule has 4 heteroatoms. The number of rotatable bonds is 4. The first-order valence-corrected chi connectivity index (χ1v) is 3.47. The van der Waals surface area contributed by atoms with Gasteiger partial charge < -0.3 is 14.9 Å². The Kier molecular flexibility index (Phi) is 4.07. The Morgan fingerprint density at radius 1 is 1.45 bits per heavy atom. The van der Waals surface area contributed by atoms with Gasteiger partial charge in [-0.2, -0.15) is 0 Å². The van der Waals surface area contributed by atoms with E-state index in [1.54, 1.807) is 6.92 Å². The highest BCUT2D eigenvalue weighted by molar-refractivity contribution is 5.76. The molecular weight excluding hydrogens is 148 g/mol. The lowest BCUT2D eigenvalue weighted by Crippen LogP contribution is -2.38. The second-order valence-corrected chi connectivity index (χ2v) is 2.44. The van der Waals surface area contributed by atoms with Gasteiger partial charge in [0, 0.05) is 0 Å². The molecule has 2 N–H and O–H groups in total. The molecule has 0 bridgehead atoms. The number of esters is 1. The highest BCUT2D eigenvalue weighted by Gasteiger charge is 2.36. The minimum Gasteiger partial charge on any atom is -0.468 e. The molecule has 0 aliphatic heterocycles. The molecule has 0 amide bonds. The van der Waals surface area contributed by atoms with Crippen LogP contribution in [-0.2, 0) is 9.53 Å². The normalized spacial score (nSPS) is 11.3. The van der Waals surface area contributed by atoms with Crippen molar-refractivity contribution in [1.29, 1.82) is 0 Å². The van der Waals surface area contributed by atoms with Crippen LogP contribution in [0.15, 0.2) is 0 Å². The first kappa shape index (κ1) is 10.4. The molecule has 4 nitrogen and oxygen atoms in total. The van der Waals surface area contributed by atoms with Crippen LogP contribution < -0.4 is 0 Å². The van der Waals surface area contributed by atoms with Gasteiger partial charge in [0.25, 0.3) is 0 Å². The van der Waals surface area contributed by atoms with Gasteiger partial charge in [-0.25, -0.2) is 0 Å². The molecule has 0 heterocycles. The molecule has 66 valence electrons. The average Bonchev–Trinajstić information content (AvgIpc) is 2.08. The van der Waals surface area contributed by atoms with Crippen molar-refractivity contribution in [3.63, 3.8) is 0 Å². The van der Waals surface area contributed by atoms with Crippen LogP contribution in [0.1, 0.15) is 13.3 Å². The summed E-state index contributed by atoms with van der Waals surface area (Å²) in [4.78, 5) is 11.0. The number of hydrogen-bond acceptors (Lipinski definition) is 4. The largest absolute Gasteiger partial charge is 0.468 e. The Bertz CT molecular complexity index is 120. The van der Waals surface area contributed by atoms with Crippen molar-refractivity contribution in [2.24, 2.45) is 5.41 Å². The van der Waals surface area contributed by atoms with Crippen LogP contribution in [0.3, 0.4) is 0 Å². The zero-order valence-corrected chi connectivity index (χ0v) is 6.83. The fourth-order valence-electron chi connectivity index (χ4n) is 0.764. The first-order valence-electron chi connectivity index (χ1n) is 3.47. The van der Waals surface area contributed by atoms with E-state index in [2.05, 4.69) is 4.74 Å². The molecular formula is C7H14O4. The number of aliphatic hydroxyl groups is 2. The van der Waals surface area contributed by atoms with Crippen LogP contribution in [0, 0.1) is 5.41 Å². The van der Waals surface area contributed by atoms with Crippen LogP contribution in [0.5, 0.6) is 0 Å². The molecule has 0 spiro atoms. The Morgan fingerprint density at radius 3 is 2.00 bits per heavy atom. The standard InChI is InChI=1S/C7H14O4/c1-3-7(4-8,5-9)6(10)11-2/h8-9H,3-5H2,1-2H3. The van der Waals surface area contributed by atoms with Gasteiger partial charge in [-0.1, -0.05) is 6.92 Å². The topological polar surface area (TPSA) is 66.8 Å². The lowest BCUT2D eigenvalue weighted by Gasteiger charge is -2.24. The van der Waals surface area contributed by atoms with Gasteiger partial charge >= 0.3 is 5.97 Å². The van der Waals surface area contributed by atoms with Crippen LogP contribution >= 0.6 is 0 Å². The Balaban J connectivity index is 4.39. The highest BCUT2D eigenvalue weighted by atomic mass is 16.5. The Morgan fingerprint density at radius 2 is 1.91 bits per heavy atom. The molecule has 0 saturated carbocycles. The van der Waals surface area contributed by atoms with Crippen LogP contribution in [0.2, 0.25) is 0 Å². The van der Waals surface area contributed by atoms with Crippen molar-refractivity contribution in [3.8, 4) is 0 Å². The number of hydrogen-bond donors (Lipinski definition) is 2. The molecule has 0 unspecified atom stereocenters. The zero-order chi connectivity index (χ0) is 8.91. The number of carbonyl (C=O) groups excluding carboxylic acids is 1. The Hall–Kier alpha value is -0.610. The third-order valence-corrected chi connectivity index (χ3v) is 1.90. The molecule has 0 atom stereocenters. The zero-order valence-electron chi connectivity index (χ0n) is 6.83. The predicted molar refractivity (Wildman–Crippen MR) is 38.9 cm³/mol. The van der Waals surface area contributed by atoms with Crippen molar-refractivity contribution < 1.29 is 19.7 Å². The second kappa shape index (κ2) is 4.31. The predicted octanol–water partition coefficient (Wildman–Crippen LogP) is -0.460. The molecule has 0 aromatic heterocycles. The van der Waals surface area contributed by atoms with Crippen molar-refractivity contribution in [3.05, 3.63) is 0 Å². The van der Waals surface area contributed by atoms with Gasteiger partial charge in [0.05, 0.1) is 20.3 Å². The summed E-state index contributed by atoms with van der Waals surface area (Å²) < 4.78 is 4.43. The van der Waals surface area contributed by atoms with Crippen molar-refractivity contribution >= 4 is 5.97 Å². The highest BCUT2D eigenvalue weighted by Crippen LogP contribution is 2.21. The van der Waals surface area contributed by atoms with E-state index in [1.807, 2.05) is 0 Å². The SMILES string of the molecule is CCC(CO)(CO)C(=O)OC. The number of carbonyl (C=O) groups is 1. The van der Waals surface area contributed by atoms with Gasteiger partial charge in [-0.15, -0.1) is 0 Å². The molecule has 0 aromatic rings. The maximum atomic E-state index is 11.0. The van der Waals surface area contributed by atoms with Crippen LogP contribution in [-0.4, -0.2) is 36.5 Å². The van der Waals surface area contributed by atoms with Gasteiger partial charge in [-0.3, -0.25) is 4.79 Å². The summed E-state index contributed by atoms with van der Waals surface area (Å²) in [5.41, 5.74) is -1.12. The molecule has 0 saturated heterocycles. The average molecular weight is 162 g/mol. The monoisotopic (exact) mass is 162 g/mol. The molecule has 0 aliphatic rings. The van der Waals surface area contributed by atoms with E-state index in [9.17, 15) is 4.79 Å². The van der Waals surface area contributed by atoms with Gasteiger partial charge in [0.1, 0.15) is 5.41 Å². The number of aliphatic hydroxyl groups excluding tert-OH is 2. The van der Waals surface area contributed by atoms with E-state index in [0.717, 1.165) is 0 Å². The number of ether oxygens (including phenoxy) is 1. The van der Waals surface area contributed by atoms with E-state index < -0.39 is 11.4 Å². The summed E-state index contributed by atoms with van der Waals surface area (Å²) in [7, 11) is 1.23. The summed E-state index contributed by atoms with van der Waals surface area (Å²) in [6.45, 7) is 0.947. The van der Waals surface area contributed by atoms with Crippen LogP contribution in [0.4, 0.5) is 0 Å². The minimum absolute atomic E-state index is 0.368. The summed E-state index contributed by atoms with van der Waals surface area (Å²) in [5.74, 6) is -0.565. The van der Waals surface area contributed by atoms with Gasteiger partial charge in [0.2, 0.25) is 0 Å². The maximum absolute atomic E-state index is 11.0. The first-order chi connectivity index (χ1) is 5.16. The van der Waals surface area contributed by atoms with Gasteiger partial charge in [0.15, 0.2) is 0 Å². The molecule has 0 aliphatic carbocycles. The molecule has 11 heavy (non-hydrogen) atoms. The fourth-order valence-corrected chi connectivity index (χ4v) is 0.764. The molecule has 0 fully saturated rings. The molecule has 0 aromatic carbocycles. The van der Waals surface area contributed by atoms with E-state index in [4.69, 9.17) is 10.2 Å². The van der Waals surface area contributed by atoms with E-state index >= 15 is 0 Å². The summed E-state index contributed by atoms with van der Waals surface area (Å²) in [6, 6.07) is 0. The Labute approximate surface area is 65.8 Å². The third-order valence-electron chi connectivity index (χ3n) is 1.90. The van der Waals surface area contributed by atoms with E-state index in [-0.39, 0.29) is 13.2 Å². The molecule has 0 radical (unpaired) electrons. The quantitative estimate of drug-likeness (QED) is 0.549. The van der Waals surface area contributed by atoms with Crippen molar-refractivity contribution in [2.75, 3.05) is 20.3 Å². The van der Waals surface area contributed by atoms with Crippen molar-refractivity contribution in [1.82, 2.24) is 0 Å². The molecule has 0 rings (SSSR count). The van der Waals surface area contributed by atoms with E-state index in [1.165, 1.54) is 7.11 Å². The number of methoxy groups -OCH3 is 1. The third kappa shape index (κ3) is 1.91. The summed E-state index contributed by atoms with van der Waals surface area (Å²) >= 11 is 0. The lowest BCUT2D eigenvalue weighted by molar-refractivity contribution is -0.158. The maximum Gasteiger partial charge on any atom is 0.316 e. The smallest absolute Gasteiger partial charge is 0.316 e. The summed E-state index contributed by atoms with van der Waals surface area (Å²) in [5, 5.41) is 17.6. The van der Waals surface area contributed by atoms with Crippen molar-refractivity contribution in [2.45, 2.75) is 13.3 Å².